The summed E-state index contributed by atoms with van der Waals surface area (Å²) in [4.78, 5) is 12.0. The van der Waals surface area contributed by atoms with Gasteiger partial charge in [0.2, 0.25) is 0 Å². The number of amides is 1. The highest BCUT2D eigenvalue weighted by molar-refractivity contribution is 7.07. The second-order valence-corrected chi connectivity index (χ2v) is 4.86. The number of hydrogen-bond donors (Lipinski definition) is 3. The Balaban J connectivity index is 2.10. The minimum Gasteiger partial charge on any atom is -0.348 e. The van der Waals surface area contributed by atoms with Gasteiger partial charge < -0.3 is 10.7 Å². The lowest BCUT2D eigenvalue weighted by molar-refractivity contribution is 0.0951. The fourth-order valence-corrected chi connectivity index (χ4v) is 2.34. The average molecular weight is 282 g/mol. The van der Waals surface area contributed by atoms with E-state index in [4.69, 9.17) is 17.4 Å². The van der Waals surface area contributed by atoms with Crippen LogP contribution in [0, 0.1) is 0 Å². The zero-order valence-corrected chi connectivity index (χ0v) is 11.0. The number of nitrogens with two attached hydrogens (primary N) is 1. The maximum absolute atomic E-state index is 12.0. The summed E-state index contributed by atoms with van der Waals surface area (Å²) >= 11 is 7.46. The fraction of sp³-hybridized carbons (Fsp3) is 0.0833. The highest BCUT2D eigenvalue weighted by Crippen LogP contribution is 2.20. The molecule has 2 rings (SSSR count). The van der Waals surface area contributed by atoms with E-state index >= 15 is 0 Å². The van der Waals surface area contributed by atoms with E-state index in [1.165, 1.54) is 0 Å². The van der Waals surface area contributed by atoms with Crippen LogP contribution in [-0.2, 0) is 6.54 Å². The van der Waals surface area contributed by atoms with Crippen molar-refractivity contribution in [3.63, 3.8) is 0 Å². The third kappa shape index (κ3) is 3.01. The van der Waals surface area contributed by atoms with Crippen molar-refractivity contribution in [1.82, 2.24) is 5.32 Å². The van der Waals surface area contributed by atoms with Crippen LogP contribution < -0.4 is 16.6 Å². The first-order valence-electron chi connectivity index (χ1n) is 5.26. The van der Waals surface area contributed by atoms with Crippen molar-refractivity contribution >= 4 is 34.5 Å². The van der Waals surface area contributed by atoms with Crippen molar-refractivity contribution in [3.8, 4) is 0 Å². The molecule has 0 aliphatic carbocycles. The van der Waals surface area contributed by atoms with Crippen molar-refractivity contribution in [2.45, 2.75) is 6.54 Å². The van der Waals surface area contributed by atoms with Crippen LogP contribution in [0.1, 0.15) is 15.9 Å². The number of thiophene rings is 1. The molecule has 0 unspecified atom stereocenters. The summed E-state index contributed by atoms with van der Waals surface area (Å²) in [5.41, 5.74) is 4.52. The number of nitrogens with one attached hydrogen (secondary N) is 2. The predicted octanol–water partition coefficient (Wildman–Crippen LogP) is 2.62. The standard InChI is InChI=1S/C12H12ClN3OS/c13-9-1-2-11(16-14)10(5-9)12(17)15-6-8-3-4-18-7-8/h1-5,7,16H,6,14H2,(H,15,17). The minimum atomic E-state index is -0.211. The first-order chi connectivity index (χ1) is 8.70. The van der Waals surface area contributed by atoms with Gasteiger partial charge in [0.15, 0.2) is 0 Å². The summed E-state index contributed by atoms with van der Waals surface area (Å²) in [6, 6.07) is 6.89. The first-order valence-corrected chi connectivity index (χ1v) is 6.58. The molecule has 0 saturated heterocycles. The zero-order valence-electron chi connectivity index (χ0n) is 9.44. The lowest BCUT2D eigenvalue weighted by Gasteiger charge is -2.09. The van der Waals surface area contributed by atoms with Gasteiger partial charge in [0.05, 0.1) is 11.3 Å². The van der Waals surface area contributed by atoms with Gasteiger partial charge in [-0.05, 0) is 40.6 Å². The van der Waals surface area contributed by atoms with E-state index in [0.717, 1.165) is 5.56 Å². The van der Waals surface area contributed by atoms with Gasteiger partial charge in [-0.15, -0.1) is 0 Å². The molecule has 0 aliphatic heterocycles. The van der Waals surface area contributed by atoms with Gasteiger partial charge in [0.25, 0.3) is 5.91 Å². The Morgan fingerprint density at radius 1 is 1.39 bits per heavy atom. The number of halogens is 1. The van der Waals surface area contributed by atoms with Crippen LogP contribution in [0.4, 0.5) is 5.69 Å². The molecule has 2 aromatic rings. The summed E-state index contributed by atoms with van der Waals surface area (Å²) < 4.78 is 0. The molecule has 0 atom stereocenters. The molecule has 1 heterocycles. The SMILES string of the molecule is NNc1ccc(Cl)cc1C(=O)NCc1ccsc1. The minimum absolute atomic E-state index is 0.211. The van der Waals surface area contributed by atoms with E-state index in [-0.39, 0.29) is 5.91 Å². The Hall–Kier alpha value is -1.56. The van der Waals surface area contributed by atoms with Gasteiger partial charge in [0.1, 0.15) is 0 Å². The van der Waals surface area contributed by atoms with E-state index in [1.54, 1.807) is 29.5 Å². The molecule has 0 saturated carbocycles. The van der Waals surface area contributed by atoms with Crippen molar-refractivity contribution < 1.29 is 4.79 Å². The third-order valence-electron chi connectivity index (χ3n) is 2.41. The number of nitrogen functional groups attached to an aromatic ring is 1. The number of benzene rings is 1. The molecule has 94 valence electrons. The second kappa shape index (κ2) is 5.86. The van der Waals surface area contributed by atoms with E-state index in [0.29, 0.717) is 22.8 Å². The molecule has 4 nitrogen and oxygen atoms in total. The van der Waals surface area contributed by atoms with Gasteiger partial charge in [-0.1, -0.05) is 11.6 Å². The number of rotatable bonds is 4. The summed E-state index contributed by atoms with van der Waals surface area (Å²) in [7, 11) is 0. The molecule has 0 bridgehead atoms. The molecule has 1 aromatic heterocycles. The highest BCUT2D eigenvalue weighted by atomic mass is 35.5. The monoisotopic (exact) mass is 281 g/mol. The normalized spacial score (nSPS) is 10.1. The van der Waals surface area contributed by atoms with Crippen LogP contribution >= 0.6 is 22.9 Å². The fourth-order valence-electron chi connectivity index (χ4n) is 1.50. The maximum Gasteiger partial charge on any atom is 0.253 e. The first kappa shape index (κ1) is 12.9. The van der Waals surface area contributed by atoms with Crippen LogP contribution in [0.25, 0.3) is 0 Å². The van der Waals surface area contributed by atoms with Crippen molar-refractivity contribution in [3.05, 3.63) is 51.2 Å². The second-order valence-electron chi connectivity index (χ2n) is 3.65. The van der Waals surface area contributed by atoms with Gasteiger partial charge >= 0.3 is 0 Å². The van der Waals surface area contributed by atoms with Crippen molar-refractivity contribution in [2.24, 2.45) is 5.84 Å². The van der Waals surface area contributed by atoms with Crippen LogP contribution in [-0.4, -0.2) is 5.91 Å². The Kier molecular flexibility index (Phi) is 4.19. The lowest BCUT2D eigenvalue weighted by atomic mass is 10.1. The van der Waals surface area contributed by atoms with Crippen LogP contribution in [0.3, 0.4) is 0 Å². The van der Waals surface area contributed by atoms with E-state index in [1.807, 2.05) is 16.8 Å². The molecule has 18 heavy (non-hydrogen) atoms. The topological polar surface area (TPSA) is 67.1 Å². The molecular formula is C12H12ClN3OS. The highest BCUT2D eigenvalue weighted by Gasteiger charge is 2.11. The van der Waals surface area contributed by atoms with Crippen LogP contribution in [0.5, 0.6) is 0 Å². The molecule has 0 spiro atoms. The quantitative estimate of drug-likeness (QED) is 0.596. The van der Waals surface area contributed by atoms with Crippen molar-refractivity contribution in [1.29, 1.82) is 0 Å². The molecule has 6 heteroatoms. The third-order valence-corrected chi connectivity index (χ3v) is 3.38. The average Bonchev–Trinajstić information content (AvgIpc) is 2.89. The predicted molar refractivity (Wildman–Crippen MR) is 74.8 cm³/mol. The summed E-state index contributed by atoms with van der Waals surface area (Å²) in [5, 5.41) is 7.26. The Morgan fingerprint density at radius 3 is 2.89 bits per heavy atom. The van der Waals surface area contributed by atoms with E-state index in [2.05, 4.69) is 10.7 Å². The number of carbonyl (C=O) groups is 1. The van der Waals surface area contributed by atoms with Gasteiger partial charge in [0, 0.05) is 11.6 Å². The smallest absolute Gasteiger partial charge is 0.253 e. The summed E-state index contributed by atoms with van der Waals surface area (Å²) in [5.74, 6) is 5.15. The Labute approximate surface area is 114 Å². The molecule has 0 fully saturated rings. The molecular weight excluding hydrogens is 270 g/mol. The lowest BCUT2D eigenvalue weighted by Crippen LogP contribution is -2.24. The number of hydrazine groups is 1. The zero-order chi connectivity index (χ0) is 13.0. The molecule has 0 aliphatic rings. The number of carbonyl (C=O) groups excluding carboxylic acids is 1. The van der Waals surface area contributed by atoms with Crippen molar-refractivity contribution in [2.75, 3.05) is 5.43 Å². The van der Waals surface area contributed by atoms with Gasteiger partial charge in [-0.2, -0.15) is 11.3 Å². The summed E-state index contributed by atoms with van der Waals surface area (Å²) in [6.07, 6.45) is 0. The number of hydrogen-bond acceptors (Lipinski definition) is 4. The van der Waals surface area contributed by atoms with Gasteiger partial charge in [-0.25, -0.2) is 0 Å². The molecule has 1 amide bonds. The maximum atomic E-state index is 12.0. The molecule has 1 aromatic carbocycles. The molecule has 4 N–H and O–H groups in total. The summed E-state index contributed by atoms with van der Waals surface area (Å²) in [6.45, 7) is 0.485. The Morgan fingerprint density at radius 2 is 2.22 bits per heavy atom. The van der Waals surface area contributed by atoms with E-state index < -0.39 is 0 Å². The van der Waals surface area contributed by atoms with Gasteiger partial charge in [-0.3, -0.25) is 10.6 Å². The number of anilines is 1. The van der Waals surface area contributed by atoms with Crippen LogP contribution in [0.2, 0.25) is 5.02 Å². The van der Waals surface area contributed by atoms with Crippen LogP contribution in [0.15, 0.2) is 35.0 Å². The molecule has 0 radical (unpaired) electrons. The Bertz CT molecular complexity index is 542. The largest absolute Gasteiger partial charge is 0.348 e. The van der Waals surface area contributed by atoms with E-state index in [9.17, 15) is 4.79 Å².